The summed E-state index contributed by atoms with van der Waals surface area (Å²) in [4.78, 5) is 14.4. The largest absolute Gasteiger partial charge is 0.480 e. The van der Waals surface area contributed by atoms with Crippen LogP contribution in [-0.4, -0.2) is 47.2 Å². The van der Waals surface area contributed by atoms with E-state index in [-0.39, 0.29) is 5.92 Å². The lowest BCUT2D eigenvalue weighted by Gasteiger charge is -2.34. The Kier molecular flexibility index (Phi) is 5.67. The molecule has 4 nitrogen and oxygen atoms in total. The van der Waals surface area contributed by atoms with Crippen molar-refractivity contribution in [3.05, 3.63) is 0 Å². The van der Waals surface area contributed by atoms with Crippen LogP contribution in [-0.2, 0) is 4.79 Å². The van der Waals surface area contributed by atoms with E-state index in [1.807, 2.05) is 6.92 Å². The molecule has 2 aliphatic rings. The van der Waals surface area contributed by atoms with Gasteiger partial charge in [0.05, 0.1) is 0 Å². The lowest BCUT2D eigenvalue weighted by molar-refractivity contribution is -0.146. The molecule has 3 unspecified atom stereocenters. The predicted molar refractivity (Wildman–Crippen MR) is 85.4 cm³/mol. The number of carboxylic acid groups (broad SMARTS) is 1. The van der Waals surface area contributed by atoms with Crippen molar-refractivity contribution in [1.29, 1.82) is 0 Å². The smallest absolute Gasteiger partial charge is 0.324 e. The molecule has 3 atom stereocenters. The monoisotopic (exact) mass is 296 g/mol. The predicted octanol–water partition coefficient (Wildman–Crippen LogP) is 2.73. The Balaban J connectivity index is 1.96. The first kappa shape index (κ1) is 16.8. The molecule has 0 aromatic heterocycles. The molecule has 2 N–H and O–H groups in total. The lowest BCUT2D eigenvalue weighted by Crippen LogP contribution is -2.55. The number of aliphatic carboxylic acids is 1. The van der Waals surface area contributed by atoms with Crippen molar-refractivity contribution in [3.63, 3.8) is 0 Å². The topological polar surface area (TPSA) is 52.6 Å². The molecule has 0 amide bonds. The number of nitrogens with zero attached hydrogens (tertiary/aromatic N) is 1. The first-order valence-corrected chi connectivity index (χ1v) is 8.73. The third kappa shape index (κ3) is 3.42. The molecule has 4 heteroatoms. The highest BCUT2D eigenvalue weighted by Crippen LogP contribution is 2.39. The average molecular weight is 296 g/mol. The summed E-state index contributed by atoms with van der Waals surface area (Å²) >= 11 is 0. The summed E-state index contributed by atoms with van der Waals surface area (Å²) in [6.45, 7) is 9.61. The number of rotatable bonds is 7. The van der Waals surface area contributed by atoms with Crippen LogP contribution in [0.4, 0.5) is 0 Å². The van der Waals surface area contributed by atoms with E-state index in [1.54, 1.807) is 0 Å². The maximum atomic E-state index is 11.8. The molecule has 1 saturated heterocycles. The minimum Gasteiger partial charge on any atom is -0.480 e. The zero-order valence-electron chi connectivity index (χ0n) is 13.9. The van der Waals surface area contributed by atoms with Crippen LogP contribution < -0.4 is 5.32 Å². The van der Waals surface area contributed by atoms with E-state index in [4.69, 9.17) is 0 Å². The maximum absolute atomic E-state index is 11.8. The van der Waals surface area contributed by atoms with E-state index >= 15 is 0 Å². The zero-order chi connectivity index (χ0) is 15.5. The quantitative estimate of drug-likeness (QED) is 0.758. The highest BCUT2D eigenvalue weighted by Gasteiger charge is 2.48. The number of carboxylic acids is 1. The van der Waals surface area contributed by atoms with E-state index in [0.29, 0.717) is 12.0 Å². The van der Waals surface area contributed by atoms with Crippen LogP contribution in [0, 0.1) is 11.8 Å². The van der Waals surface area contributed by atoms with Crippen LogP contribution in [0.25, 0.3) is 0 Å². The summed E-state index contributed by atoms with van der Waals surface area (Å²) < 4.78 is 0. The van der Waals surface area contributed by atoms with Crippen molar-refractivity contribution in [3.8, 4) is 0 Å². The van der Waals surface area contributed by atoms with Crippen LogP contribution in [0.2, 0.25) is 0 Å². The first-order valence-electron chi connectivity index (χ1n) is 8.73. The van der Waals surface area contributed by atoms with Gasteiger partial charge >= 0.3 is 5.97 Å². The van der Waals surface area contributed by atoms with Gasteiger partial charge in [0.1, 0.15) is 5.54 Å². The molecule has 122 valence electrons. The van der Waals surface area contributed by atoms with Gasteiger partial charge in [0.25, 0.3) is 0 Å². The minimum atomic E-state index is -0.665. The Morgan fingerprint density at radius 3 is 2.76 bits per heavy atom. The fraction of sp³-hybridized carbons (Fsp3) is 0.941. The molecule has 1 heterocycles. The number of hydrogen-bond acceptors (Lipinski definition) is 3. The van der Waals surface area contributed by atoms with E-state index in [1.165, 1.54) is 19.4 Å². The summed E-state index contributed by atoms with van der Waals surface area (Å²) in [6.07, 6.45) is 6.50. The summed E-state index contributed by atoms with van der Waals surface area (Å²) in [6, 6.07) is 0.699. The zero-order valence-corrected chi connectivity index (χ0v) is 13.9. The molecule has 0 aromatic carbocycles. The molecular weight excluding hydrogens is 264 g/mol. The number of likely N-dealkylation sites (tertiary alicyclic amines) is 1. The second-order valence-electron chi connectivity index (χ2n) is 7.17. The van der Waals surface area contributed by atoms with E-state index in [9.17, 15) is 9.90 Å². The molecule has 0 bridgehead atoms. The molecular formula is C17H32N2O2. The Labute approximate surface area is 129 Å². The fourth-order valence-electron chi connectivity index (χ4n) is 4.58. The minimum absolute atomic E-state index is 0.281. The van der Waals surface area contributed by atoms with Gasteiger partial charge < -0.3 is 15.3 Å². The Bertz CT molecular complexity index is 359. The van der Waals surface area contributed by atoms with Gasteiger partial charge in [-0.15, -0.1) is 0 Å². The molecule has 2 rings (SSSR count). The van der Waals surface area contributed by atoms with Gasteiger partial charge in [-0.25, -0.2) is 0 Å². The van der Waals surface area contributed by atoms with Gasteiger partial charge in [-0.1, -0.05) is 27.2 Å². The second kappa shape index (κ2) is 7.10. The van der Waals surface area contributed by atoms with Crippen LogP contribution >= 0.6 is 0 Å². The SMILES string of the molecule is CCNC1(C(=O)O)CCCC1CCN1CCCC1C(C)C. The number of nitrogens with one attached hydrogen (secondary N) is 1. The highest BCUT2D eigenvalue weighted by atomic mass is 16.4. The lowest BCUT2D eigenvalue weighted by atomic mass is 9.84. The Morgan fingerprint density at radius 2 is 2.14 bits per heavy atom. The summed E-state index contributed by atoms with van der Waals surface area (Å²) in [7, 11) is 0. The van der Waals surface area contributed by atoms with Gasteiger partial charge in [-0.2, -0.15) is 0 Å². The third-order valence-corrected chi connectivity index (χ3v) is 5.64. The van der Waals surface area contributed by atoms with Crippen molar-refractivity contribution in [2.45, 2.75) is 70.9 Å². The molecule has 21 heavy (non-hydrogen) atoms. The molecule has 2 fully saturated rings. The molecule has 1 saturated carbocycles. The Morgan fingerprint density at radius 1 is 1.38 bits per heavy atom. The normalized spacial score (nSPS) is 33.9. The van der Waals surface area contributed by atoms with Crippen molar-refractivity contribution < 1.29 is 9.90 Å². The van der Waals surface area contributed by atoms with E-state index < -0.39 is 11.5 Å². The standard InChI is InChI=1S/C17H32N2O2/c1-4-18-17(16(20)21)10-5-7-14(17)9-12-19-11-6-8-15(19)13(2)3/h13-15,18H,4-12H2,1-3H3,(H,20,21). The van der Waals surface area contributed by atoms with Gasteiger partial charge in [0.2, 0.25) is 0 Å². The molecule has 0 aromatic rings. The third-order valence-electron chi connectivity index (χ3n) is 5.64. The number of carbonyl (C=O) groups is 1. The van der Waals surface area contributed by atoms with E-state index in [2.05, 4.69) is 24.1 Å². The summed E-state index contributed by atoms with van der Waals surface area (Å²) in [5.41, 5.74) is -0.665. The van der Waals surface area contributed by atoms with Gasteiger partial charge in [0.15, 0.2) is 0 Å². The van der Waals surface area contributed by atoms with Crippen molar-refractivity contribution >= 4 is 5.97 Å². The average Bonchev–Trinajstić information content (AvgIpc) is 3.03. The van der Waals surface area contributed by atoms with Crippen molar-refractivity contribution in [2.75, 3.05) is 19.6 Å². The Hall–Kier alpha value is -0.610. The summed E-state index contributed by atoms with van der Waals surface area (Å²) in [5, 5.41) is 13.0. The highest BCUT2D eigenvalue weighted by molar-refractivity contribution is 5.79. The van der Waals surface area contributed by atoms with Crippen LogP contribution in [0.5, 0.6) is 0 Å². The maximum Gasteiger partial charge on any atom is 0.324 e. The van der Waals surface area contributed by atoms with Crippen molar-refractivity contribution in [1.82, 2.24) is 10.2 Å². The molecule has 0 radical (unpaired) electrons. The van der Waals surface area contributed by atoms with Crippen molar-refractivity contribution in [2.24, 2.45) is 11.8 Å². The van der Waals surface area contributed by atoms with Crippen LogP contribution in [0.1, 0.15) is 59.3 Å². The number of hydrogen-bond donors (Lipinski definition) is 2. The van der Waals surface area contributed by atoms with Gasteiger partial charge in [-0.3, -0.25) is 4.79 Å². The number of likely N-dealkylation sites (N-methyl/N-ethyl adjacent to an activating group) is 1. The van der Waals surface area contributed by atoms with E-state index in [0.717, 1.165) is 38.8 Å². The second-order valence-corrected chi connectivity index (χ2v) is 7.17. The van der Waals surface area contributed by atoms with Crippen LogP contribution in [0.15, 0.2) is 0 Å². The van der Waals surface area contributed by atoms with Crippen LogP contribution in [0.3, 0.4) is 0 Å². The molecule has 0 spiro atoms. The fourth-order valence-corrected chi connectivity index (χ4v) is 4.58. The molecule has 1 aliphatic carbocycles. The molecule has 1 aliphatic heterocycles. The first-order chi connectivity index (χ1) is 10.0. The van der Waals surface area contributed by atoms with Gasteiger partial charge in [-0.05, 0) is 63.6 Å². The van der Waals surface area contributed by atoms with Gasteiger partial charge in [0, 0.05) is 6.04 Å². The summed E-state index contributed by atoms with van der Waals surface area (Å²) in [5.74, 6) is 0.339.